The highest BCUT2D eigenvalue weighted by Gasteiger charge is 2.00. The zero-order valence-corrected chi connectivity index (χ0v) is 7.34. The van der Waals surface area contributed by atoms with Gasteiger partial charge in [0.05, 0.1) is 0 Å². The van der Waals surface area contributed by atoms with Crippen molar-refractivity contribution in [2.45, 2.75) is 37.9 Å². The van der Waals surface area contributed by atoms with Gasteiger partial charge < -0.3 is 0 Å². The normalized spacial score (nSPS) is 13.7. The second-order valence-electron chi connectivity index (χ2n) is 2.29. The van der Waals surface area contributed by atoms with Crippen LogP contribution < -0.4 is 0 Å². The van der Waals surface area contributed by atoms with Gasteiger partial charge in [-0.15, -0.1) is 0 Å². The van der Waals surface area contributed by atoms with Crippen LogP contribution in [0, 0.1) is 6.92 Å². The third-order valence-electron chi connectivity index (χ3n) is 1.53. The van der Waals surface area contributed by atoms with Crippen LogP contribution in [0.15, 0.2) is 0 Å². The number of rotatable bonds is 5. The van der Waals surface area contributed by atoms with Crippen molar-refractivity contribution in [2.75, 3.05) is 6.26 Å². The fourth-order valence-electron chi connectivity index (χ4n) is 0.812. The van der Waals surface area contributed by atoms with Crippen molar-refractivity contribution in [1.82, 2.24) is 0 Å². The fraction of sp³-hybridized carbons (Fsp3) is 0.875. The van der Waals surface area contributed by atoms with Crippen LogP contribution >= 0.6 is 11.8 Å². The van der Waals surface area contributed by atoms with Gasteiger partial charge in [-0.25, -0.2) is 0 Å². The molecule has 0 fully saturated rings. The van der Waals surface area contributed by atoms with E-state index in [0.29, 0.717) is 0 Å². The molecular weight excluding hydrogens is 128 g/mol. The van der Waals surface area contributed by atoms with Crippen molar-refractivity contribution < 1.29 is 0 Å². The first kappa shape index (κ1) is 9.35. The molecule has 0 saturated heterocycles. The molecule has 0 bridgehead atoms. The molecule has 0 N–H and O–H groups in total. The highest BCUT2D eigenvalue weighted by atomic mass is 32.2. The van der Waals surface area contributed by atoms with Gasteiger partial charge in [0.25, 0.3) is 0 Å². The predicted octanol–water partition coefficient (Wildman–Crippen LogP) is 3.13. The van der Waals surface area contributed by atoms with E-state index >= 15 is 0 Å². The van der Waals surface area contributed by atoms with Crippen LogP contribution in [0.5, 0.6) is 0 Å². The molecule has 0 nitrogen and oxygen atoms in total. The Labute approximate surface area is 63.4 Å². The van der Waals surface area contributed by atoms with Crippen molar-refractivity contribution in [3.8, 4) is 0 Å². The zero-order valence-electron chi connectivity index (χ0n) is 6.52. The first-order valence-electron chi connectivity index (χ1n) is 3.67. The first-order valence-corrected chi connectivity index (χ1v) is 4.96. The van der Waals surface area contributed by atoms with Crippen molar-refractivity contribution in [1.29, 1.82) is 0 Å². The minimum Gasteiger partial charge on any atom is -0.162 e. The molecule has 0 heterocycles. The summed E-state index contributed by atoms with van der Waals surface area (Å²) in [5, 5.41) is 0.810. The molecule has 55 valence electrons. The molecule has 1 heteroatoms. The van der Waals surface area contributed by atoms with E-state index < -0.39 is 0 Å². The van der Waals surface area contributed by atoms with Gasteiger partial charge in [-0.3, -0.25) is 0 Å². The molecule has 9 heavy (non-hydrogen) atoms. The van der Waals surface area contributed by atoms with Crippen LogP contribution in [0.3, 0.4) is 0 Å². The maximum Gasteiger partial charge on any atom is 0.00442 e. The van der Waals surface area contributed by atoms with Crippen LogP contribution in [-0.2, 0) is 0 Å². The standard InChI is InChI=1S/C8H17S/c1-4-6-7-8(5-2)9-3/h8H,2,4-7H2,1,3H3. The van der Waals surface area contributed by atoms with Gasteiger partial charge in [0, 0.05) is 5.25 Å². The third kappa shape index (κ3) is 4.83. The molecule has 0 amide bonds. The molecule has 0 aliphatic carbocycles. The Morgan fingerprint density at radius 3 is 2.56 bits per heavy atom. The number of thioether (sulfide) groups is 1. The average molecular weight is 145 g/mol. The lowest BCUT2D eigenvalue weighted by Crippen LogP contribution is -1.98. The monoisotopic (exact) mass is 145 g/mol. The molecule has 0 spiro atoms. The van der Waals surface area contributed by atoms with Gasteiger partial charge in [-0.1, -0.05) is 26.7 Å². The molecule has 0 saturated carbocycles. The van der Waals surface area contributed by atoms with Crippen molar-refractivity contribution >= 4 is 11.8 Å². The average Bonchev–Trinajstić information content (AvgIpc) is 1.91. The van der Waals surface area contributed by atoms with Gasteiger partial charge in [-0.2, -0.15) is 11.8 Å². The summed E-state index contributed by atoms with van der Waals surface area (Å²) in [7, 11) is 0. The summed E-state index contributed by atoms with van der Waals surface area (Å²) < 4.78 is 0. The van der Waals surface area contributed by atoms with E-state index in [-0.39, 0.29) is 0 Å². The second kappa shape index (κ2) is 6.47. The van der Waals surface area contributed by atoms with Gasteiger partial charge in [0.15, 0.2) is 0 Å². The van der Waals surface area contributed by atoms with E-state index in [9.17, 15) is 0 Å². The molecule has 0 aromatic rings. The molecule has 0 rings (SSSR count). The Morgan fingerprint density at radius 1 is 1.56 bits per heavy atom. The molecular formula is C8H17S. The van der Waals surface area contributed by atoms with Gasteiger partial charge in [0.2, 0.25) is 0 Å². The van der Waals surface area contributed by atoms with Crippen LogP contribution in [0.25, 0.3) is 0 Å². The largest absolute Gasteiger partial charge is 0.162 e. The number of hydrogen-bond donors (Lipinski definition) is 0. The summed E-state index contributed by atoms with van der Waals surface area (Å²) >= 11 is 1.95. The minimum atomic E-state index is 0.810. The second-order valence-corrected chi connectivity index (χ2v) is 3.43. The summed E-state index contributed by atoms with van der Waals surface area (Å²) in [6, 6.07) is 0. The molecule has 1 atom stereocenters. The molecule has 0 aromatic heterocycles. The summed E-state index contributed by atoms with van der Waals surface area (Å²) in [6.07, 6.45) is 7.28. The smallest absolute Gasteiger partial charge is 0.00442 e. The van der Waals surface area contributed by atoms with Gasteiger partial charge >= 0.3 is 0 Å². The van der Waals surface area contributed by atoms with Crippen molar-refractivity contribution in [3.05, 3.63) is 6.92 Å². The predicted molar refractivity (Wildman–Crippen MR) is 46.8 cm³/mol. The summed E-state index contributed by atoms with van der Waals surface area (Å²) in [4.78, 5) is 0. The maximum atomic E-state index is 3.89. The van der Waals surface area contributed by atoms with E-state index in [1.54, 1.807) is 0 Å². The van der Waals surface area contributed by atoms with Crippen LogP contribution in [0.2, 0.25) is 0 Å². The summed E-state index contributed by atoms with van der Waals surface area (Å²) in [5.74, 6) is 0. The fourth-order valence-corrected chi connectivity index (χ4v) is 1.45. The molecule has 0 aliphatic rings. The Hall–Kier alpha value is 0.350. The van der Waals surface area contributed by atoms with Crippen molar-refractivity contribution in [3.63, 3.8) is 0 Å². The zero-order chi connectivity index (χ0) is 7.11. The number of hydrogen-bond acceptors (Lipinski definition) is 1. The quantitative estimate of drug-likeness (QED) is 0.572. The molecule has 1 unspecified atom stereocenters. The van der Waals surface area contributed by atoms with Crippen LogP contribution in [0.4, 0.5) is 0 Å². The van der Waals surface area contributed by atoms with Gasteiger partial charge in [0.1, 0.15) is 0 Å². The lowest BCUT2D eigenvalue weighted by Gasteiger charge is -2.09. The lowest BCUT2D eigenvalue weighted by molar-refractivity contribution is 0.687. The van der Waals surface area contributed by atoms with E-state index in [1.165, 1.54) is 19.3 Å². The van der Waals surface area contributed by atoms with E-state index in [2.05, 4.69) is 20.1 Å². The summed E-state index contributed by atoms with van der Waals surface area (Å²) in [6.45, 7) is 6.13. The lowest BCUT2D eigenvalue weighted by atomic mass is 10.2. The number of unbranched alkanes of at least 4 members (excludes halogenated alkanes) is 1. The summed E-state index contributed by atoms with van der Waals surface area (Å²) in [5.41, 5.74) is 0. The Bertz CT molecular complexity index is 48.5. The van der Waals surface area contributed by atoms with E-state index in [0.717, 1.165) is 11.7 Å². The van der Waals surface area contributed by atoms with Crippen LogP contribution in [0.1, 0.15) is 32.6 Å². The Morgan fingerprint density at radius 2 is 2.22 bits per heavy atom. The highest BCUT2D eigenvalue weighted by Crippen LogP contribution is 2.16. The van der Waals surface area contributed by atoms with E-state index in [1.807, 2.05) is 11.8 Å². The third-order valence-corrected chi connectivity index (χ3v) is 2.67. The van der Waals surface area contributed by atoms with Gasteiger partial charge in [-0.05, 0) is 19.1 Å². The van der Waals surface area contributed by atoms with Crippen LogP contribution in [-0.4, -0.2) is 11.5 Å². The first-order chi connectivity index (χ1) is 4.35. The topological polar surface area (TPSA) is 0 Å². The SMILES string of the molecule is [CH2]CC(CCCC)SC. The Balaban J connectivity index is 3.09. The molecule has 0 aromatic carbocycles. The molecule has 0 aliphatic heterocycles. The molecule has 1 radical (unpaired) electrons. The highest BCUT2D eigenvalue weighted by molar-refractivity contribution is 7.99. The van der Waals surface area contributed by atoms with Crippen molar-refractivity contribution in [2.24, 2.45) is 0 Å². The Kier molecular flexibility index (Phi) is 6.72. The minimum absolute atomic E-state index is 0.810. The van der Waals surface area contributed by atoms with E-state index in [4.69, 9.17) is 0 Å². The maximum absolute atomic E-state index is 3.89.